The Morgan fingerprint density at radius 1 is 1.50 bits per heavy atom. The highest BCUT2D eigenvalue weighted by atomic mass is 19.4. The molecule has 0 spiro atoms. The number of piperidine rings is 1. The van der Waals surface area contributed by atoms with Gasteiger partial charge in [-0.25, -0.2) is 4.98 Å². The van der Waals surface area contributed by atoms with Crippen LogP contribution in [0.3, 0.4) is 0 Å². The van der Waals surface area contributed by atoms with Crippen LogP contribution in [0.15, 0.2) is 6.20 Å². The molecule has 0 saturated carbocycles. The minimum absolute atomic E-state index is 0.103. The van der Waals surface area contributed by atoms with Crippen molar-refractivity contribution in [2.45, 2.75) is 31.9 Å². The lowest BCUT2D eigenvalue weighted by atomic mass is 9.97. The van der Waals surface area contributed by atoms with Gasteiger partial charge in [-0.2, -0.15) is 13.2 Å². The van der Waals surface area contributed by atoms with Crippen molar-refractivity contribution in [3.05, 3.63) is 17.7 Å². The van der Waals surface area contributed by atoms with Crippen LogP contribution in [0.2, 0.25) is 0 Å². The Hall–Kier alpha value is -2.06. The first kappa shape index (κ1) is 16.3. The Bertz CT molecular complexity index is 556. The normalized spacial score (nSPS) is 19.1. The predicted octanol–water partition coefficient (Wildman–Crippen LogP) is 1.27. The minimum Gasteiger partial charge on any atom is -0.347 e. The third-order valence-electron chi connectivity index (χ3n) is 3.55. The molecule has 1 aromatic heterocycles. The van der Waals surface area contributed by atoms with Crippen LogP contribution in [0.5, 0.6) is 0 Å². The van der Waals surface area contributed by atoms with Gasteiger partial charge in [-0.15, -0.1) is 0 Å². The number of nitrogens with one attached hydrogen (secondary N) is 2. The van der Waals surface area contributed by atoms with E-state index in [-0.39, 0.29) is 30.1 Å². The van der Waals surface area contributed by atoms with Gasteiger partial charge in [0.05, 0.1) is 12.7 Å². The van der Waals surface area contributed by atoms with Crippen LogP contribution in [0.25, 0.3) is 0 Å². The molecule has 1 aromatic rings. The Labute approximate surface area is 125 Å². The lowest BCUT2D eigenvalue weighted by Crippen LogP contribution is -2.44. The van der Waals surface area contributed by atoms with Gasteiger partial charge in [0.25, 0.3) is 0 Å². The second-order valence-electron chi connectivity index (χ2n) is 5.27. The third-order valence-corrected chi connectivity index (χ3v) is 3.55. The maximum Gasteiger partial charge on any atom is 0.432 e. The van der Waals surface area contributed by atoms with Crippen LogP contribution < -0.4 is 5.32 Å². The first-order chi connectivity index (χ1) is 10.3. The number of carbonyl (C=O) groups excluding carboxylic acids is 2. The van der Waals surface area contributed by atoms with E-state index in [4.69, 9.17) is 0 Å². The zero-order chi connectivity index (χ0) is 16.3. The van der Waals surface area contributed by atoms with E-state index in [1.54, 1.807) is 4.90 Å². The molecule has 1 fully saturated rings. The number of H-pyrrole nitrogens is 1. The molecule has 22 heavy (non-hydrogen) atoms. The lowest BCUT2D eigenvalue weighted by Gasteiger charge is -2.32. The van der Waals surface area contributed by atoms with Crippen molar-refractivity contribution >= 4 is 11.8 Å². The number of rotatable bonds is 3. The average Bonchev–Trinajstić information content (AvgIpc) is 2.94. The molecule has 0 unspecified atom stereocenters. The molecule has 9 heteroatoms. The van der Waals surface area contributed by atoms with Crippen LogP contribution in [0.1, 0.15) is 37.2 Å². The number of hydrogen-bond donors (Lipinski definition) is 2. The van der Waals surface area contributed by atoms with Crippen LogP contribution >= 0.6 is 0 Å². The molecule has 0 aliphatic carbocycles. The second kappa shape index (κ2) is 6.37. The quantitative estimate of drug-likeness (QED) is 0.881. The van der Waals surface area contributed by atoms with Crippen LogP contribution in [0, 0.1) is 0 Å². The molecular formula is C13H17F3N4O2. The van der Waals surface area contributed by atoms with Gasteiger partial charge in [0, 0.05) is 25.9 Å². The fourth-order valence-corrected chi connectivity index (χ4v) is 2.43. The number of halogens is 3. The third kappa shape index (κ3) is 3.99. The van der Waals surface area contributed by atoms with Gasteiger partial charge in [-0.3, -0.25) is 9.59 Å². The summed E-state index contributed by atoms with van der Waals surface area (Å²) in [7, 11) is 0. The summed E-state index contributed by atoms with van der Waals surface area (Å²) in [5.41, 5.74) is -0.885. The predicted molar refractivity (Wildman–Crippen MR) is 70.8 cm³/mol. The van der Waals surface area contributed by atoms with Crippen molar-refractivity contribution in [2.75, 3.05) is 19.6 Å². The Kier molecular flexibility index (Phi) is 4.72. The van der Waals surface area contributed by atoms with Gasteiger partial charge >= 0.3 is 6.18 Å². The highest BCUT2D eigenvalue weighted by molar-refractivity contribution is 5.83. The van der Waals surface area contributed by atoms with Crippen molar-refractivity contribution in [3.8, 4) is 0 Å². The maximum atomic E-state index is 12.6. The van der Waals surface area contributed by atoms with Crippen LogP contribution in [-0.2, 0) is 15.8 Å². The number of aromatic amines is 1. The topological polar surface area (TPSA) is 78.1 Å². The summed E-state index contributed by atoms with van der Waals surface area (Å²) in [5.74, 6) is -0.569. The summed E-state index contributed by atoms with van der Waals surface area (Å²) < 4.78 is 37.7. The van der Waals surface area contributed by atoms with Crippen LogP contribution in [-0.4, -0.2) is 46.3 Å². The summed E-state index contributed by atoms with van der Waals surface area (Å²) in [4.78, 5) is 30.4. The number of aromatic nitrogens is 2. The maximum absolute atomic E-state index is 12.6. The Balaban J connectivity index is 2.00. The summed E-state index contributed by atoms with van der Waals surface area (Å²) in [5, 5.41) is 2.42. The number of hydrogen-bond acceptors (Lipinski definition) is 3. The van der Waals surface area contributed by atoms with Crippen molar-refractivity contribution in [2.24, 2.45) is 0 Å². The fraction of sp³-hybridized carbons (Fsp3) is 0.615. The zero-order valence-corrected chi connectivity index (χ0v) is 12.0. The molecule has 0 aromatic carbocycles. The van der Waals surface area contributed by atoms with Crippen LogP contribution in [0.4, 0.5) is 13.2 Å². The number of amides is 2. The molecule has 2 N–H and O–H groups in total. The molecule has 1 atom stereocenters. The number of likely N-dealkylation sites (tertiary alicyclic amines) is 1. The number of nitrogens with zero attached hydrogens (tertiary/aromatic N) is 2. The van der Waals surface area contributed by atoms with E-state index in [1.165, 1.54) is 6.92 Å². The first-order valence-electron chi connectivity index (χ1n) is 6.91. The standard InChI is InChI=1S/C13H17F3N4O2/c1-8(21)17-6-11(22)20-4-2-3-9(7-20)12-18-5-10(19-12)13(14,15)16/h5,9H,2-4,6-7H2,1H3,(H,17,21)(H,18,19)/t9-/m0/s1. The average molecular weight is 318 g/mol. The number of imidazole rings is 1. The molecule has 2 amide bonds. The van der Waals surface area contributed by atoms with Crippen molar-refractivity contribution in [1.82, 2.24) is 20.2 Å². The van der Waals surface area contributed by atoms with Gasteiger partial charge < -0.3 is 15.2 Å². The van der Waals surface area contributed by atoms with Gasteiger partial charge in [-0.1, -0.05) is 0 Å². The lowest BCUT2D eigenvalue weighted by molar-refractivity contribution is -0.141. The van der Waals surface area contributed by atoms with E-state index in [9.17, 15) is 22.8 Å². The van der Waals surface area contributed by atoms with E-state index in [2.05, 4.69) is 15.3 Å². The molecule has 2 heterocycles. The van der Waals surface area contributed by atoms with Gasteiger partial charge in [0.1, 0.15) is 11.5 Å². The molecule has 1 aliphatic rings. The summed E-state index contributed by atoms with van der Waals surface area (Å²) in [6, 6.07) is 0. The van der Waals surface area contributed by atoms with Crippen molar-refractivity contribution in [1.29, 1.82) is 0 Å². The van der Waals surface area contributed by atoms with Crippen molar-refractivity contribution < 1.29 is 22.8 Å². The minimum atomic E-state index is -4.46. The van der Waals surface area contributed by atoms with Gasteiger partial charge in [0.15, 0.2) is 0 Å². The number of alkyl halides is 3. The molecule has 2 rings (SSSR count). The molecule has 122 valence electrons. The summed E-state index contributed by atoms with van der Waals surface area (Å²) in [6.07, 6.45) is -2.35. The largest absolute Gasteiger partial charge is 0.432 e. The zero-order valence-electron chi connectivity index (χ0n) is 12.0. The molecule has 1 saturated heterocycles. The second-order valence-corrected chi connectivity index (χ2v) is 5.27. The first-order valence-corrected chi connectivity index (χ1v) is 6.91. The molecule has 1 aliphatic heterocycles. The highest BCUT2D eigenvalue weighted by Gasteiger charge is 2.34. The SMILES string of the molecule is CC(=O)NCC(=O)N1CCC[C@H](c2ncc(C(F)(F)F)[nH]2)C1. The monoisotopic (exact) mass is 318 g/mol. The fourth-order valence-electron chi connectivity index (χ4n) is 2.43. The molecule has 0 radical (unpaired) electrons. The highest BCUT2D eigenvalue weighted by Crippen LogP contribution is 2.30. The molecule has 0 bridgehead atoms. The van der Waals surface area contributed by atoms with E-state index in [0.29, 0.717) is 25.9 Å². The summed E-state index contributed by atoms with van der Waals surface area (Å²) >= 11 is 0. The van der Waals surface area contributed by atoms with E-state index < -0.39 is 11.9 Å². The van der Waals surface area contributed by atoms with Gasteiger partial charge in [-0.05, 0) is 12.8 Å². The van der Waals surface area contributed by atoms with E-state index in [0.717, 1.165) is 6.20 Å². The Morgan fingerprint density at radius 3 is 2.82 bits per heavy atom. The van der Waals surface area contributed by atoms with Crippen molar-refractivity contribution in [3.63, 3.8) is 0 Å². The smallest absolute Gasteiger partial charge is 0.347 e. The van der Waals surface area contributed by atoms with Gasteiger partial charge in [0.2, 0.25) is 11.8 Å². The van der Waals surface area contributed by atoms with E-state index in [1.807, 2.05) is 0 Å². The summed E-state index contributed by atoms with van der Waals surface area (Å²) in [6.45, 7) is 2.03. The molecular weight excluding hydrogens is 301 g/mol. The van der Waals surface area contributed by atoms with E-state index >= 15 is 0 Å². The Morgan fingerprint density at radius 2 is 2.23 bits per heavy atom. The number of carbonyl (C=O) groups is 2. The molecule has 6 nitrogen and oxygen atoms in total.